The van der Waals surface area contributed by atoms with Gasteiger partial charge in [0.25, 0.3) is 0 Å². The first-order valence-corrected chi connectivity index (χ1v) is 11.4. The summed E-state index contributed by atoms with van der Waals surface area (Å²) in [4.78, 5) is 28.8. The summed E-state index contributed by atoms with van der Waals surface area (Å²) in [6, 6.07) is 9.27. The van der Waals surface area contributed by atoms with Gasteiger partial charge in [0.05, 0.1) is 17.9 Å². The number of aliphatic imine (C=N–C) groups is 1. The molecular formula is C21H25N3O4S2. The highest BCUT2D eigenvalue weighted by atomic mass is 32.2. The van der Waals surface area contributed by atoms with Crippen LogP contribution in [-0.2, 0) is 14.3 Å². The van der Waals surface area contributed by atoms with E-state index in [4.69, 9.17) is 9.47 Å². The largest absolute Gasteiger partial charge is 0.496 e. The van der Waals surface area contributed by atoms with Crippen LogP contribution in [0.3, 0.4) is 0 Å². The average molecular weight is 448 g/mol. The second kappa shape index (κ2) is 9.99. The van der Waals surface area contributed by atoms with Crippen molar-refractivity contribution in [3.8, 4) is 5.75 Å². The minimum Gasteiger partial charge on any atom is -0.496 e. The van der Waals surface area contributed by atoms with Gasteiger partial charge in [0.2, 0.25) is 0 Å². The van der Waals surface area contributed by atoms with Crippen LogP contribution in [0.5, 0.6) is 5.75 Å². The van der Waals surface area contributed by atoms with Crippen molar-refractivity contribution >= 4 is 47.0 Å². The Bertz CT molecular complexity index is 905. The lowest BCUT2D eigenvalue weighted by atomic mass is 10.0. The van der Waals surface area contributed by atoms with Crippen molar-refractivity contribution in [1.82, 2.24) is 5.32 Å². The van der Waals surface area contributed by atoms with E-state index in [2.05, 4.69) is 21.7 Å². The van der Waals surface area contributed by atoms with Gasteiger partial charge in [-0.1, -0.05) is 6.07 Å². The number of hydrogen-bond donors (Lipinski definition) is 2. The number of nitrogens with zero attached hydrogens (tertiary/aromatic N) is 1. The highest BCUT2D eigenvalue weighted by Crippen LogP contribution is 2.32. The molecule has 9 heteroatoms. The lowest BCUT2D eigenvalue weighted by molar-refractivity contribution is -0.137. The van der Waals surface area contributed by atoms with Gasteiger partial charge in [-0.25, -0.2) is 0 Å². The number of ether oxygens (including phenoxy) is 2. The summed E-state index contributed by atoms with van der Waals surface area (Å²) in [6.07, 6.45) is 1.95. The number of carbonyl (C=O) groups excluding carboxylic acids is 2. The van der Waals surface area contributed by atoms with E-state index in [0.717, 1.165) is 17.7 Å². The Morgan fingerprint density at radius 1 is 1.33 bits per heavy atom. The molecule has 0 bridgehead atoms. The summed E-state index contributed by atoms with van der Waals surface area (Å²) in [5, 5.41) is 7.48. The smallest absolute Gasteiger partial charge is 0.313 e. The second-order valence-electron chi connectivity index (χ2n) is 7.37. The van der Waals surface area contributed by atoms with Gasteiger partial charge in [-0.05, 0) is 43.8 Å². The molecule has 1 aromatic carbocycles. The summed E-state index contributed by atoms with van der Waals surface area (Å²) >= 11 is 3.43. The van der Waals surface area contributed by atoms with Gasteiger partial charge in [0, 0.05) is 28.6 Å². The molecule has 0 aliphatic carbocycles. The molecule has 0 radical (unpaired) electrons. The van der Waals surface area contributed by atoms with Crippen molar-refractivity contribution in [2.75, 3.05) is 24.7 Å². The molecule has 160 valence electrons. The van der Waals surface area contributed by atoms with Crippen LogP contribution in [0.15, 0.2) is 44.9 Å². The van der Waals surface area contributed by atoms with E-state index in [1.54, 1.807) is 48.4 Å². The van der Waals surface area contributed by atoms with E-state index in [1.165, 1.54) is 10.6 Å². The minimum absolute atomic E-state index is 0.208. The first kappa shape index (κ1) is 22.2. The van der Waals surface area contributed by atoms with Crippen LogP contribution in [0.1, 0.15) is 31.9 Å². The van der Waals surface area contributed by atoms with Crippen molar-refractivity contribution in [2.45, 2.75) is 36.1 Å². The van der Waals surface area contributed by atoms with E-state index < -0.39 is 17.4 Å². The molecule has 1 unspecified atom stereocenters. The molecule has 0 fully saturated rings. The summed E-state index contributed by atoms with van der Waals surface area (Å²) in [6.45, 7) is 4.34. The minimum atomic E-state index is -0.718. The fourth-order valence-electron chi connectivity index (χ4n) is 2.89. The van der Waals surface area contributed by atoms with E-state index in [9.17, 15) is 9.59 Å². The molecule has 30 heavy (non-hydrogen) atoms. The van der Waals surface area contributed by atoms with Crippen molar-refractivity contribution in [1.29, 1.82) is 0 Å². The molecule has 1 atom stereocenters. The number of amides is 2. The third-order valence-electron chi connectivity index (χ3n) is 4.53. The Hall–Kier alpha value is -2.52. The van der Waals surface area contributed by atoms with Gasteiger partial charge >= 0.3 is 11.8 Å². The van der Waals surface area contributed by atoms with E-state index in [-0.39, 0.29) is 6.10 Å². The topological polar surface area (TPSA) is 89.0 Å². The average Bonchev–Trinajstić information content (AvgIpc) is 3.41. The van der Waals surface area contributed by atoms with Gasteiger partial charge < -0.3 is 20.1 Å². The third-order valence-corrected chi connectivity index (χ3v) is 6.67. The summed E-state index contributed by atoms with van der Waals surface area (Å²) < 4.78 is 12.1. The molecule has 1 aliphatic rings. The van der Waals surface area contributed by atoms with Gasteiger partial charge in [-0.2, -0.15) is 0 Å². The lowest BCUT2D eigenvalue weighted by Crippen LogP contribution is -2.48. The molecule has 2 heterocycles. The van der Waals surface area contributed by atoms with Crippen LogP contribution in [-0.4, -0.2) is 43.2 Å². The van der Waals surface area contributed by atoms with Crippen molar-refractivity contribution in [3.05, 3.63) is 41.3 Å². The van der Waals surface area contributed by atoms with Crippen molar-refractivity contribution in [3.63, 3.8) is 0 Å². The molecule has 2 N–H and O–H groups in total. The quantitative estimate of drug-likeness (QED) is 0.474. The monoisotopic (exact) mass is 447 g/mol. The summed E-state index contributed by atoms with van der Waals surface area (Å²) in [7, 11) is 1.55. The Kier molecular flexibility index (Phi) is 7.38. The molecule has 2 aromatic rings. The number of nitrogens with one attached hydrogen (secondary N) is 2. The second-order valence-corrected chi connectivity index (χ2v) is 9.72. The van der Waals surface area contributed by atoms with E-state index in [1.807, 2.05) is 25.3 Å². The number of thiophene rings is 1. The first-order valence-electron chi connectivity index (χ1n) is 9.49. The molecule has 0 spiro atoms. The number of anilines is 1. The third kappa shape index (κ3) is 5.99. The molecule has 1 aromatic heterocycles. The summed E-state index contributed by atoms with van der Waals surface area (Å²) in [5.74, 6) is 0.0247. The number of methoxy groups -OCH3 is 1. The predicted molar refractivity (Wildman–Crippen MR) is 121 cm³/mol. The van der Waals surface area contributed by atoms with Crippen LogP contribution >= 0.6 is 23.1 Å². The Morgan fingerprint density at radius 2 is 2.17 bits per heavy atom. The fourth-order valence-corrected chi connectivity index (χ4v) is 5.02. The molecule has 0 saturated carbocycles. The molecule has 3 rings (SSSR count). The zero-order valence-electron chi connectivity index (χ0n) is 17.1. The van der Waals surface area contributed by atoms with Gasteiger partial charge in [0.15, 0.2) is 6.40 Å². The van der Waals surface area contributed by atoms with Crippen LogP contribution < -0.4 is 15.4 Å². The SMILES string of the molecule is COc1cc(NC(=O)C(=O)NC(C)(C)CCSc2cccs2)ccc1C1CN=CO1. The highest BCUT2D eigenvalue weighted by Gasteiger charge is 2.25. The van der Waals surface area contributed by atoms with Crippen molar-refractivity contribution < 1.29 is 19.1 Å². The number of hydrogen-bond acceptors (Lipinski definition) is 7. The van der Waals surface area contributed by atoms with Crippen LogP contribution in [0.4, 0.5) is 5.69 Å². The summed E-state index contributed by atoms with van der Waals surface area (Å²) in [5.41, 5.74) is 0.808. The molecule has 2 amide bonds. The Morgan fingerprint density at radius 3 is 2.83 bits per heavy atom. The first-order chi connectivity index (χ1) is 14.4. The highest BCUT2D eigenvalue weighted by molar-refractivity contribution is 8.01. The van der Waals surface area contributed by atoms with Crippen molar-refractivity contribution in [2.24, 2.45) is 4.99 Å². The van der Waals surface area contributed by atoms with E-state index in [0.29, 0.717) is 18.0 Å². The van der Waals surface area contributed by atoms with Gasteiger partial charge in [0.1, 0.15) is 11.9 Å². The zero-order valence-corrected chi connectivity index (χ0v) is 18.8. The van der Waals surface area contributed by atoms with Crippen LogP contribution in [0.25, 0.3) is 0 Å². The molecule has 7 nitrogen and oxygen atoms in total. The zero-order chi connectivity index (χ0) is 21.6. The maximum atomic E-state index is 12.4. The number of benzene rings is 1. The van der Waals surface area contributed by atoms with Crippen LogP contribution in [0, 0.1) is 0 Å². The number of carbonyl (C=O) groups is 2. The number of thioether (sulfide) groups is 1. The molecule has 0 saturated heterocycles. The normalized spacial score (nSPS) is 15.5. The fraction of sp³-hybridized carbons (Fsp3) is 0.381. The number of rotatable bonds is 8. The maximum absolute atomic E-state index is 12.4. The predicted octanol–water partition coefficient (Wildman–Crippen LogP) is 3.87. The Labute approximate surface area is 184 Å². The van der Waals surface area contributed by atoms with Gasteiger partial charge in [-0.15, -0.1) is 23.1 Å². The maximum Gasteiger partial charge on any atom is 0.313 e. The van der Waals surface area contributed by atoms with Gasteiger partial charge in [-0.3, -0.25) is 14.6 Å². The standard InChI is InChI=1S/C21H25N3O4S2/c1-21(2,8-10-30-18-5-4-9-29-18)24-20(26)19(25)23-14-6-7-15(16(11-14)27-3)17-12-22-13-28-17/h4-7,9,11,13,17H,8,10,12H2,1-3H3,(H,23,25)(H,24,26). The van der Waals surface area contributed by atoms with E-state index >= 15 is 0 Å². The lowest BCUT2D eigenvalue weighted by Gasteiger charge is -2.25. The Balaban J connectivity index is 1.53. The molecular weight excluding hydrogens is 422 g/mol. The van der Waals surface area contributed by atoms with Crippen LogP contribution in [0.2, 0.25) is 0 Å². The molecule has 1 aliphatic heterocycles.